The number of hydrogen-bond donors (Lipinski definition) is 1. The molecule has 1 unspecified atom stereocenters. The first kappa shape index (κ1) is 13.6. The van der Waals surface area contributed by atoms with Crippen LogP contribution in [0.2, 0.25) is 0 Å². The third-order valence-electron chi connectivity index (χ3n) is 3.66. The van der Waals surface area contributed by atoms with Gasteiger partial charge < -0.3 is 5.32 Å². The number of nitrogens with zero attached hydrogens (tertiary/aromatic N) is 2. The third-order valence-corrected chi connectivity index (χ3v) is 3.66. The molecule has 0 fully saturated rings. The Hall–Kier alpha value is -2.39. The Morgan fingerprint density at radius 2 is 1.67 bits per heavy atom. The number of benzene rings is 2. The molecule has 0 amide bonds. The van der Waals surface area contributed by atoms with E-state index in [2.05, 4.69) is 53.0 Å². The summed E-state index contributed by atoms with van der Waals surface area (Å²) in [4.78, 5) is 0. The number of likely N-dealkylation sites (N-methyl/N-ethyl adjacent to an activating group) is 1. The van der Waals surface area contributed by atoms with Crippen molar-refractivity contribution in [2.75, 3.05) is 7.05 Å². The van der Waals surface area contributed by atoms with E-state index in [0.717, 1.165) is 12.1 Å². The van der Waals surface area contributed by atoms with Gasteiger partial charge in [0.1, 0.15) is 0 Å². The maximum absolute atomic E-state index is 4.47. The van der Waals surface area contributed by atoms with Gasteiger partial charge in [-0.3, -0.25) is 0 Å². The summed E-state index contributed by atoms with van der Waals surface area (Å²) >= 11 is 0. The first-order valence-electron chi connectivity index (χ1n) is 7.18. The summed E-state index contributed by atoms with van der Waals surface area (Å²) in [7, 11) is 1.99. The average molecular weight is 277 g/mol. The fourth-order valence-electron chi connectivity index (χ4n) is 2.47. The van der Waals surface area contributed by atoms with Crippen LogP contribution in [-0.2, 0) is 6.42 Å². The second-order valence-electron chi connectivity index (χ2n) is 5.08. The number of nitrogens with one attached hydrogen (secondary N) is 1. The van der Waals surface area contributed by atoms with Crippen molar-refractivity contribution in [3.63, 3.8) is 0 Å². The highest BCUT2D eigenvalue weighted by Gasteiger charge is 2.12. The molecule has 3 nitrogen and oxygen atoms in total. The van der Waals surface area contributed by atoms with E-state index in [9.17, 15) is 0 Å². The molecule has 1 aromatic heterocycles. The minimum Gasteiger partial charge on any atom is -0.313 e. The van der Waals surface area contributed by atoms with Crippen LogP contribution in [0.25, 0.3) is 5.69 Å². The Bertz CT molecular complexity index is 674. The Balaban J connectivity index is 1.81. The summed E-state index contributed by atoms with van der Waals surface area (Å²) in [5.41, 5.74) is 3.60. The highest BCUT2D eigenvalue weighted by atomic mass is 15.3. The van der Waals surface area contributed by atoms with E-state index in [4.69, 9.17) is 0 Å². The molecule has 0 aliphatic carbocycles. The zero-order valence-electron chi connectivity index (χ0n) is 12.1. The van der Waals surface area contributed by atoms with Crippen molar-refractivity contribution in [2.45, 2.75) is 12.5 Å². The van der Waals surface area contributed by atoms with Crippen LogP contribution in [0.1, 0.15) is 17.2 Å². The molecule has 1 N–H and O–H groups in total. The van der Waals surface area contributed by atoms with Gasteiger partial charge >= 0.3 is 0 Å². The van der Waals surface area contributed by atoms with Crippen molar-refractivity contribution in [1.82, 2.24) is 15.1 Å². The smallest absolute Gasteiger partial charge is 0.0645 e. The number of rotatable bonds is 5. The predicted molar refractivity (Wildman–Crippen MR) is 85.5 cm³/mol. The average Bonchev–Trinajstić information content (AvgIpc) is 3.04. The normalized spacial score (nSPS) is 12.2. The van der Waals surface area contributed by atoms with Crippen LogP contribution < -0.4 is 5.32 Å². The molecule has 3 rings (SSSR count). The monoisotopic (exact) mass is 277 g/mol. The molecule has 1 atom stereocenters. The molecule has 0 saturated carbocycles. The van der Waals surface area contributed by atoms with Crippen molar-refractivity contribution >= 4 is 0 Å². The first-order valence-corrected chi connectivity index (χ1v) is 7.18. The first-order chi connectivity index (χ1) is 10.4. The van der Waals surface area contributed by atoms with Gasteiger partial charge in [-0.15, -0.1) is 0 Å². The van der Waals surface area contributed by atoms with Gasteiger partial charge in [0.2, 0.25) is 0 Å². The Morgan fingerprint density at radius 3 is 2.33 bits per heavy atom. The largest absolute Gasteiger partial charge is 0.313 e. The molecule has 2 aromatic carbocycles. The summed E-state index contributed by atoms with van der Waals surface area (Å²) in [6.07, 6.45) is 4.99. The van der Waals surface area contributed by atoms with Crippen LogP contribution in [0, 0.1) is 0 Å². The molecular weight excluding hydrogens is 258 g/mol. The Morgan fingerprint density at radius 1 is 1.00 bits per heavy atom. The van der Waals surface area contributed by atoms with Crippen molar-refractivity contribution in [2.24, 2.45) is 0 Å². The van der Waals surface area contributed by atoms with Gasteiger partial charge in [0, 0.05) is 17.8 Å². The van der Waals surface area contributed by atoms with Crippen molar-refractivity contribution in [1.29, 1.82) is 0 Å². The van der Waals surface area contributed by atoms with E-state index in [0.29, 0.717) is 0 Å². The number of hydrogen-bond acceptors (Lipinski definition) is 2. The lowest BCUT2D eigenvalue weighted by molar-refractivity contribution is 0.592. The summed E-state index contributed by atoms with van der Waals surface area (Å²) in [5.74, 6) is 0. The van der Waals surface area contributed by atoms with Gasteiger partial charge in [0.05, 0.1) is 11.9 Å². The van der Waals surface area contributed by atoms with E-state index in [1.165, 1.54) is 11.1 Å². The maximum Gasteiger partial charge on any atom is 0.0645 e. The predicted octanol–water partition coefficient (Wildman–Crippen LogP) is 3.38. The highest BCUT2D eigenvalue weighted by Crippen LogP contribution is 2.19. The van der Waals surface area contributed by atoms with Gasteiger partial charge in [0.25, 0.3) is 0 Å². The molecule has 21 heavy (non-hydrogen) atoms. The fourth-order valence-corrected chi connectivity index (χ4v) is 2.47. The molecule has 0 aliphatic rings. The van der Waals surface area contributed by atoms with Crippen molar-refractivity contribution in [3.05, 3.63) is 84.2 Å². The second kappa shape index (κ2) is 6.37. The van der Waals surface area contributed by atoms with Crippen LogP contribution in [0.5, 0.6) is 0 Å². The standard InChI is InChI=1S/C18H19N3/c1-19-18(12-15-8-4-2-5-9-15)16-13-20-21(14-16)17-10-6-3-7-11-17/h2-11,13-14,18-19H,12H2,1H3. The SMILES string of the molecule is CNC(Cc1ccccc1)c1cnn(-c2ccccc2)c1. The van der Waals surface area contributed by atoms with Gasteiger partial charge in [0.15, 0.2) is 0 Å². The number of para-hydroxylation sites is 1. The molecular formula is C18H19N3. The molecule has 0 radical (unpaired) electrons. The van der Waals surface area contributed by atoms with Crippen LogP contribution >= 0.6 is 0 Å². The second-order valence-corrected chi connectivity index (χ2v) is 5.08. The summed E-state index contributed by atoms with van der Waals surface area (Å²) in [6.45, 7) is 0. The lowest BCUT2D eigenvalue weighted by Gasteiger charge is -2.14. The fraction of sp³-hybridized carbons (Fsp3) is 0.167. The van der Waals surface area contributed by atoms with E-state index >= 15 is 0 Å². The number of aromatic nitrogens is 2. The van der Waals surface area contributed by atoms with E-state index in [1.54, 1.807) is 0 Å². The van der Waals surface area contributed by atoms with E-state index < -0.39 is 0 Å². The minimum absolute atomic E-state index is 0.268. The van der Waals surface area contributed by atoms with Crippen LogP contribution in [-0.4, -0.2) is 16.8 Å². The molecule has 0 saturated heterocycles. The highest BCUT2D eigenvalue weighted by molar-refractivity contribution is 5.31. The zero-order chi connectivity index (χ0) is 14.5. The van der Waals surface area contributed by atoms with Crippen LogP contribution in [0.15, 0.2) is 73.1 Å². The Labute approximate surface area is 125 Å². The molecule has 106 valence electrons. The maximum atomic E-state index is 4.47. The summed E-state index contributed by atoms with van der Waals surface area (Å²) < 4.78 is 1.92. The molecule has 0 bridgehead atoms. The topological polar surface area (TPSA) is 29.9 Å². The molecule has 3 heteroatoms. The van der Waals surface area contributed by atoms with Gasteiger partial charge in [-0.25, -0.2) is 4.68 Å². The van der Waals surface area contributed by atoms with E-state index in [-0.39, 0.29) is 6.04 Å². The lowest BCUT2D eigenvalue weighted by atomic mass is 10.0. The van der Waals surface area contributed by atoms with Crippen LogP contribution in [0.4, 0.5) is 0 Å². The molecule has 1 heterocycles. The summed E-state index contributed by atoms with van der Waals surface area (Å²) in [5, 5.41) is 7.85. The molecule has 0 spiro atoms. The van der Waals surface area contributed by atoms with Gasteiger partial charge in [-0.2, -0.15) is 5.10 Å². The van der Waals surface area contributed by atoms with E-state index in [1.807, 2.05) is 42.2 Å². The van der Waals surface area contributed by atoms with Crippen LogP contribution in [0.3, 0.4) is 0 Å². The van der Waals surface area contributed by atoms with Gasteiger partial charge in [-0.05, 0) is 31.2 Å². The third kappa shape index (κ3) is 3.20. The van der Waals surface area contributed by atoms with Gasteiger partial charge in [-0.1, -0.05) is 48.5 Å². The summed E-state index contributed by atoms with van der Waals surface area (Å²) in [6, 6.07) is 21.0. The molecule has 0 aliphatic heterocycles. The lowest BCUT2D eigenvalue weighted by Crippen LogP contribution is -2.18. The van der Waals surface area contributed by atoms with Crippen molar-refractivity contribution in [3.8, 4) is 5.69 Å². The minimum atomic E-state index is 0.268. The van der Waals surface area contributed by atoms with Crippen molar-refractivity contribution < 1.29 is 0 Å². The zero-order valence-corrected chi connectivity index (χ0v) is 12.1. The molecule has 3 aromatic rings. The Kier molecular flexibility index (Phi) is 4.12. The quantitative estimate of drug-likeness (QED) is 0.775.